The van der Waals surface area contributed by atoms with Gasteiger partial charge in [0.05, 0.1) is 0 Å². The summed E-state index contributed by atoms with van der Waals surface area (Å²) in [4.78, 5) is 0. The van der Waals surface area contributed by atoms with Crippen LogP contribution in [0.5, 0.6) is 0 Å². The molecule has 0 radical (unpaired) electrons. The molecule has 0 spiro atoms. The summed E-state index contributed by atoms with van der Waals surface area (Å²) in [5.74, 6) is 0.774. The number of hydrogen-bond donors (Lipinski definition) is 2. The molecule has 1 atom stereocenters. The highest BCUT2D eigenvalue weighted by Gasteiger charge is 2.14. The molecule has 0 aromatic carbocycles. The number of unbranched alkanes of at least 4 members (excludes halogenated alkanes) is 1. The molecule has 0 bridgehead atoms. The zero-order valence-corrected chi connectivity index (χ0v) is 13.0. The molecule has 0 amide bonds. The van der Waals surface area contributed by atoms with Crippen molar-refractivity contribution in [2.75, 3.05) is 6.54 Å². The van der Waals surface area contributed by atoms with Gasteiger partial charge in [-0.3, -0.25) is 0 Å². The van der Waals surface area contributed by atoms with E-state index in [4.69, 9.17) is 12.2 Å². The summed E-state index contributed by atoms with van der Waals surface area (Å²) in [7, 11) is 0. The monoisotopic (exact) mass is 270 g/mol. The first-order valence-corrected chi connectivity index (χ1v) is 8.21. The molecule has 106 valence electrons. The van der Waals surface area contributed by atoms with Gasteiger partial charge in [0.1, 0.15) is 0 Å². The largest absolute Gasteiger partial charge is 0.362 e. The Balaban J connectivity index is 2.14. The van der Waals surface area contributed by atoms with E-state index in [1.54, 1.807) is 0 Å². The number of nitrogens with one attached hydrogen (secondary N) is 2. The van der Waals surface area contributed by atoms with Crippen LogP contribution in [0.2, 0.25) is 0 Å². The van der Waals surface area contributed by atoms with E-state index < -0.39 is 0 Å². The summed E-state index contributed by atoms with van der Waals surface area (Å²) in [6.45, 7) is 5.57. The van der Waals surface area contributed by atoms with Crippen molar-refractivity contribution in [1.29, 1.82) is 0 Å². The van der Waals surface area contributed by atoms with E-state index in [-0.39, 0.29) is 0 Å². The third kappa shape index (κ3) is 6.58. The first-order chi connectivity index (χ1) is 8.76. The lowest BCUT2D eigenvalue weighted by atomic mass is 9.96. The molecular formula is C15H30N2S. The summed E-state index contributed by atoms with van der Waals surface area (Å²) in [6, 6.07) is 0.620. The van der Waals surface area contributed by atoms with E-state index in [1.807, 2.05) is 0 Å². The van der Waals surface area contributed by atoms with Crippen LogP contribution in [0, 0.1) is 5.92 Å². The zero-order chi connectivity index (χ0) is 13.2. The fourth-order valence-corrected chi connectivity index (χ4v) is 2.91. The fraction of sp³-hybridized carbons (Fsp3) is 0.933. The predicted octanol–water partition coefficient (Wildman–Crippen LogP) is 4.00. The van der Waals surface area contributed by atoms with Gasteiger partial charge in [-0.2, -0.15) is 0 Å². The third-order valence-corrected chi connectivity index (χ3v) is 4.30. The fourth-order valence-electron chi connectivity index (χ4n) is 2.66. The van der Waals surface area contributed by atoms with Crippen LogP contribution in [0.15, 0.2) is 0 Å². The van der Waals surface area contributed by atoms with Crippen molar-refractivity contribution in [2.24, 2.45) is 5.92 Å². The number of rotatable bonds is 7. The average molecular weight is 270 g/mol. The van der Waals surface area contributed by atoms with Crippen LogP contribution in [0.4, 0.5) is 0 Å². The summed E-state index contributed by atoms with van der Waals surface area (Å²) in [5.41, 5.74) is 0. The SMILES string of the molecule is CCCCC(CC)CNC(=S)NC1CCCCC1. The smallest absolute Gasteiger partial charge is 0.166 e. The van der Waals surface area contributed by atoms with Gasteiger partial charge in [-0.1, -0.05) is 52.4 Å². The van der Waals surface area contributed by atoms with Crippen molar-refractivity contribution in [3.63, 3.8) is 0 Å². The van der Waals surface area contributed by atoms with E-state index in [1.165, 1.54) is 57.8 Å². The lowest BCUT2D eigenvalue weighted by Crippen LogP contribution is -2.44. The molecule has 0 aromatic heterocycles. The van der Waals surface area contributed by atoms with Crippen LogP contribution >= 0.6 is 12.2 Å². The molecule has 1 saturated carbocycles. The molecular weight excluding hydrogens is 240 g/mol. The van der Waals surface area contributed by atoms with Crippen molar-refractivity contribution >= 4 is 17.3 Å². The summed E-state index contributed by atoms with van der Waals surface area (Å²) >= 11 is 5.39. The maximum Gasteiger partial charge on any atom is 0.166 e. The molecule has 2 nitrogen and oxygen atoms in total. The molecule has 0 heterocycles. The van der Waals surface area contributed by atoms with Crippen molar-refractivity contribution in [1.82, 2.24) is 10.6 Å². The molecule has 18 heavy (non-hydrogen) atoms. The third-order valence-electron chi connectivity index (χ3n) is 4.03. The Labute approximate surface area is 118 Å². The lowest BCUT2D eigenvalue weighted by molar-refractivity contribution is 0.406. The molecule has 0 aromatic rings. The van der Waals surface area contributed by atoms with Crippen molar-refractivity contribution in [3.8, 4) is 0 Å². The van der Waals surface area contributed by atoms with Gasteiger partial charge in [0.25, 0.3) is 0 Å². The van der Waals surface area contributed by atoms with Gasteiger partial charge in [-0.25, -0.2) is 0 Å². The average Bonchev–Trinajstić information content (AvgIpc) is 2.40. The van der Waals surface area contributed by atoms with Gasteiger partial charge < -0.3 is 10.6 Å². The van der Waals surface area contributed by atoms with Crippen molar-refractivity contribution in [3.05, 3.63) is 0 Å². The maximum atomic E-state index is 5.39. The highest BCUT2D eigenvalue weighted by atomic mass is 32.1. The normalized spacial score (nSPS) is 18.3. The van der Waals surface area contributed by atoms with Crippen molar-refractivity contribution < 1.29 is 0 Å². The summed E-state index contributed by atoms with van der Waals surface area (Å²) in [5, 5.41) is 7.76. The Hall–Kier alpha value is -0.310. The Bertz CT molecular complexity index is 225. The van der Waals surface area contributed by atoms with Crippen LogP contribution in [0.25, 0.3) is 0 Å². The summed E-state index contributed by atoms with van der Waals surface area (Å²) < 4.78 is 0. The minimum absolute atomic E-state index is 0.620. The Morgan fingerprint density at radius 3 is 2.56 bits per heavy atom. The molecule has 1 aliphatic rings. The first-order valence-electron chi connectivity index (χ1n) is 7.80. The van der Waals surface area contributed by atoms with Crippen LogP contribution in [-0.2, 0) is 0 Å². The van der Waals surface area contributed by atoms with Gasteiger partial charge in [0.2, 0.25) is 0 Å². The van der Waals surface area contributed by atoms with Crippen LogP contribution < -0.4 is 10.6 Å². The topological polar surface area (TPSA) is 24.1 Å². The van der Waals surface area contributed by atoms with E-state index in [9.17, 15) is 0 Å². The van der Waals surface area contributed by atoms with Gasteiger partial charge in [0.15, 0.2) is 5.11 Å². The van der Waals surface area contributed by atoms with E-state index >= 15 is 0 Å². The molecule has 0 saturated heterocycles. The van der Waals surface area contributed by atoms with E-state index in [0.717, 1.165) is 17.6 Å². The standard InChI is InChI=1S/C15H30N2S/c1-3-5-9-13(4-2)12-16-15(18)17-14-10-7-6-8-11-14/h13-14H,3-12H2,1-2H3,(H2,16,17,18). The molecule has 1 rings (SSSR count). The van der Waals surface area contributed by atoms with Gasteiger partial charge in [0, 0.05) is 12.6 Å². The molecule has 0 aliphatic heterocycles. The zero-order valence-electron chi connectivity index (χ0n) is 12.1. The Morgan fingerprint density at radius 2 is 1.94 bits per heavy atom. The highest BCUT2D eigenvalue weighted by Crippen LogP contribution is 2.17. The summed E-state index contributed by atoms with van der Waals surface area (Å²) in [6.07, 6.45) is 11.9. The number of hydrogen-bond acceptors (Lipinski definition) is 1. The molecule has 3 heteroatoms. The van der Waals surface area contributed by atoms with E-state index in [2.05, 4.69) is 24.5 Å². The maximum absolute atomic E-state index is 5.39. The predicted molar refractivity (Wildman–Crippen MR) is 83.9 cm³/mol. The number of thiocarbonyl (C=S) groups is 1. The van der Waals surface area contributed by atoms with Gasteiger partial charge >= 0.3 is 0 Å². The molecule has 1 unspecified atom stereocenters. The first kappa shape index (κ1) is 15.7. The van der Waals surface area contributed by atoms with Crippen LogP contribution in [-0.4, -0.2) is 17.7 Å². The minimum Gasteiger partial charge on any atom is -0.362 e. The van der Waals surface area contributed by atoms with Gasteiger partial charge in [-0.15, -0.1) is 0 Å². The van der Waals surface area contributed by atoms with E-state index in [0.29, 0.717) is 6.04 Å². The second-order valence-electron chi connectivity index (χ2n) is 5.61. The quantitative estimate of drug-likeness (QED) is 0.684. The Morgan fingerprint density at radius 1 is 1.22 bits per heavy atom. The van der Waals surface area contributed by atoms with Crippen LogP contribution in [0.3, 0.4) is 0 Å². The lowest BCUT2D eigenvalue weighted by Gasteiger charge is -2.25. The molecule has 1 aliphatic carbocycles. The molecule has 2 N–H and O–H groups in total. The second-order valence-corrected chi connectivity index (χ2v) is 6.01. The Kier molecular flexibility index (Phi) is 8.40. The molecule has 1 fully saturated rings. The van der Waals surface area contributed by atoms with Crippen molar-refractivity contribution in [2.45, 2.75) is 77.7 Å². The minimum atomic E-state index is 0.620. The highest BCUT2D eigenvalue weighted by molar-refractivity contribution is 7.80. The van der Waals surface area contributed by atoms with Crippen LogP contribution in [0.1, 0.15) is 71.6 Å². The van der Waals surface area contributed by atoms with Gasteiger partial charge in [-0.05, 0) is 37.4 Å². The second kappa shape index (κ2) is 9.60.